The van der Waals surface area contributed by atoms with Crippen LogP contribution in [0.3, 0.4) is 0 Å². The van der Waals surface area contributed by atoms with Crippen LogP contribution in [0, 0.1) is 5.92 Å². The van der Waals surface area contributed by atoms with Crippen LogP contribution >= 0.6 is 11.3 Å². The number of rotatable bonds is 6. The number of hydrogen-bond donors (Lipinski definition) is 3. The number of carboxylic acids is 1. The van der Waals surface area contributed by atoms with E-state index in [1.165, 1.54) is 4.90 Å². The van der Waals surface area contributed by atoms with E-state index >= 15 is 0 Å². The van der Waals surface area contributed by atoms with Crippen molar-refractivity contribution < 1.29 is 24.3 Å². The van der Waals surface area contributed by atoms with Crippen LogP contribution in [0.5, 0.6) is 0 Å². The number of carbonyl (C=O) groups excluding carboxylic acids is 3. The number of carbonyl (C=O) groups is 4. The van der Waals surface area contributed by atoms with Crippen molar-refractivity contribution in [1.29, 1.82) is 0 Å². The molecule has 9 nitrogen and oxygen atoms in total. The van der Waals surface area contributed by atoms with Crippen LogP contribution in [0.25, 0.3) is 10.4 Å². The lowest BCUT2D eigenvalue weighted by molar-refractivity contribution is -0.152. The molecule has 3 N–H and O–H groups in total. The molecule has 10 heteroatoms. The molecular weight excluding hydrogens is 386 g/mol. The maximum absolute atomic E-state index is 12.6. The van der Waals surface area contributed by atoms with E-state index in [0.717, 1.165) is 27.3 Å². The molecular formula is C18H17N3O6S. The van der Waals surface area contributed by atoms with Gasteiger partial charge in [0.05, 0.1) is 4.88 Å². The van der Waals surface area contributed by atoms with Crippen LogP contribution in [-0.4, -0.2) is 51.6 Å². The highest BCUT2D eigenvalue weighted by Gasteiger charge is 2.40. The van der Waals surface area contributed by atoms with Gasteiger partial charge in [0.25, 0.3) is 0 Å². The number of thiazole rings is 1. The van der Waals surface area contributed by atoms with Crippen LogP contribution in [0.1, 0.15) is 12.0 Å². The summed E-state index contributed by atoms with van der Waals surface area (Å²) in [7, 11) is 0. The van der Waals surface area contributed by atoms with Gasteiger partial charge in [-0.2, -0.15) is 0 Å². The highest BCUT2D eigenvalue weighted by Crippen LogP contribution is 2.23. The normalized spacial score (nSPS) is 16.9. The SMILES string of the molecule is O=C(O)CNC(=O)C1C(=O)CCN(Cc2ccc(-c3c[nH]c(=O)s3)cc2)C1=O. The summed E-state index contributed by atoms with van der Waals surface area (Å²) in [6, 6.07) is 7.27. The Bertz CT molecular complexity index is 978. The third kappa shape index (κ3) is 4.34. The number of aromatic nitrogens is 1. The van der Waals surface area contributed by atoms with Crippen molar-refractivity contribution >= 4 is 34.9 Å². The number of amides is 2. The summed E-state index contributed by atoms with van der Waals surface area (Å²) >= 11 is 1.09. The first-order valence-corrected chi connectivity index (χ1v) is 9.25. The highest BCUT2D eigenvalue weighted by atomic mass is 32.1. The van der Waals surface area contributed by atoms with E-state index < -0.39 is 36.0 Å². The lowest BCUT2D eigenvalue weighted by atomic mass is 9.94. The summed E-state index contributed by atoms with van der Waals surface area (Å²) in [6.07, 6.45) is 1.66. The van der Waals surface area contributed by atoms with Crippen molar-refractivity contribution in [2.75, 3.05) is 13.1 Å². The molecule has 2 aromatic rings. The smallest absolute Gasteiger partial charge is 0.322 e. The molecule has 0 spiro atoms. The molecule has 1 aliphatic rings. The Labute approximate surface area is 163 Å². The largest absolute Gasteiger partial charge is 0.480 e. The first kappa shape index (κ1) is 19.5. The number of nitrogens with zero attached hydrogens (tertiary/aromatic N) is 1. The summed E-state index contributed by atoms with van der Waals surface area (Å²) in [5, 5.41) is 10.7. The van der Waals surface area contributed by atoms with Crippen LogP contribution in [0.4, 0.5) is 0 Å². The van der Waals surface area contributed by atoms with Crippen LogP contribution in [0.2, 0.25) is 0 Å². The van der Waals surface area contributed by atoms with E-state index in [2.05, 4.69) is 10.3 Å². The Morgan fingerprint density at radius 2 is 1.93 bits per heavy atom. The van der Waals surface area contributed by atoms with Crippen molar-refractivity contribution in [1.82, 2.24) is 15.2 Å². The second-order valence-corrected chi connectivity index (χ2v) is 7.27. The average Bonchev–Trinajstić information content (AvgIpc) is 3.09. The lowest BCUT2D eigenvalue weighted by Crippen LogP contribution is -2.52. The lowest BCUT2D eigenvalue weighted by Gasteiger charge is -2.30. The molecule has 1 aromatic carbocycles. The van der Waals surface area contributed by atoms with Gasteiger partial charge >= 0.3 is 10.8 Å². The van der Waals surface area contributed by atoms with Gasteiger partial charge in [0.2, 0.25) is 11.8 Å². The maximum Gasteiger partial charge on any atom is 0.322 e. The second kappa shape index (κ2) is 8.17. The molecule has 0 aliphatic carbocycles. The van der Waals surface area contributed by atoms with E-state index in [1.54, 1.807) is 6.20 Å². The van der Waals surface area contributed by atoms with E-state index in [0.29, 0.717) is 0 Å². The quantitative estimate of drug-likeness (QED) is 0.590. The number of aromatic amines is 1. The second-order valence-electron chi connectivity index (χ2n) is 6.26. The van der Waals surface area contributed by atoms with Gasteiger partial charge in [-0.3, -0.25) is 24.0 Å². The minimum absolute atomic E-state index is 0.0340. The summed E-state index contributed by atoms with van der Waals surface area (Å²) < 4.78 is 0. The molecule has 0 radical (unpaired) electrons. The minimum Gasteiger partial charge on any atom is -0.480 e. The van der Waals surface area contributed by atoms with Crippen molar-refractivity contribution in [2.45, 2.75) is 13.0 Å². The van der Waals surface area contributed by atoms with E-state index in [9.17, 15) is 24.0 Å². The van der Waals surface area contributed by atoms with Gasteiger partial charge in [-0.15, -0.1) is 0 Å². The topological polar surface area (TPSA) is 137 Å². The highest BCUT2D eigenvalue weighted by molar-refractivity contribution is 7.12. The van der Waals surface area contributed by atoms with Crippen LogP contribution < -0.4 is 10.2 Å². The Balaban J connectivity index is 1.69. The van der Waals surface area contributed by atoms with E-state index in [1.807, 2.05) is 24.3 Å². The van der Waals surface area contributed by atoms with E-state index in [4.69, 9.17) is 5.11 Å². The van der Waals surface area contributed by atoms with Gasteiger partial charge < -0.3 is 20.3 Å². The molecule has 1 saturated heterocycles. The number of carboxylic acid groups (broad SMARTS) is 1. The Hall–Kier alpha value is -3.27. The van der Waals surface area contributed by atoms with Crippen molar-refractivity contribution in [2.24, 2.45) is 5.92 Å². The van der Waals surface area contributed by atoms with Crippen LogP contribution in [-0.2, 0) is 25.7 Å². The van der Waals surface area contributed by atoms with Crippen molar-refractivity contribution in [3.05, 3.63) is 45.7 Å². The fourth-order valence-electron chi connectivity index (χ4n) is 2.92. The first-order chi connectivity index (χ1) is 13.3. The molecule has 2 heterocycles. The maximum atomic E-state index is 12.6. The molecule has 1 unspecified atom stereocenters. The zero-order valence-electron chi connectivity index (χ0n) is 14.6. The third-order valence-corrected chi connectivity index (χ3v) is 5.20. The summed E-state index contributed by atoms with van der Waals surface area (Å²) in [6.45, 7) is -0.234. The molecule has 0 saturated carbocycles. The van der Waals surface area contributed by atoms with Crippen molar-refractivity contribution in [3.63, 3.8) is 0 Å². The number of nitrogens with one attached hydrogen (secondary N) is 2. The number of H-pyrrole nitrogens is 1. The molecule has 146 valence electrons. The number of likely N-dealkylation sites (tertiary alicyclic amines) is 1. The minimum atomic E-state index is -1.51. The van der Waals surface area contributed by atoms with Gasteiger partial charge in [-0.1, -0.05) is 35.6 Å². The fraction of sp³-hybridized carbons (Fsp3) is 0.278. The molecule has 1 atom stereocenters. The Morgan fingerprint density at radius 1 is 1.21 bits per heavy atom. The molecule has 1 aromatic heterocycles. The fourth-order valence-corrected chi connectivity index (χ4v) is 3.61. The number of Topliss-reactive ketones (excluding diaryl/α,β-unsaturated/α-hetero) is 1. The summed E-state index contributed by atoms with van der Waals surface area (Å²) in [4.78, 5) is 63.1. The Morgan fingerprint density at radius 3 is 2.54 bits per heavy atom. The van der Waals surface area contributed by atoms with Gasteiger partial charge in [0.15, 0.2) is 11.7 Å². The van der Waals surface area contributed by atoms with Gasteiger partial charge in [-0.05, 0) is 11.1 Å². The number of ketones is 1. The average molecular weight is 403 g/mol. The van der Waals surface area contributed by atoms with Gasteiger partial charge in [0.1, 0.15) is 6.54 Å². The zero-order valence-corrected chi connectivity index (χ0v) is 15.5. The molecule has 2 amide bonds. The molecule has 28 heavy (non-hydrogen) atoms. The van der Waals surface area contributed by atoms with Crippen LogP contribution in [0.15, 0.2) is 35.3 Å². The zero-order chi connectivity index (χ0) is 20.3. The molecule has 1 fully saturated rings. The molecule has 1 aliphatic heterocycles. The van der Waals surface area contributed by atoms with Crippen molar-refractivity contribution in [3.8, 4) is 10.4 Å². The number of piperidine rings is 1. The standard InChI is InChI=1S/C18H17N3O6S/c22-12-5-6-21(17(26)15(12)16(25)19-8-14(23)24)9-10-1-3-11(4-2-10)13-7-20-18(27)28-13/h1-4,7,15H,5-6,8-9H2,(H,19,25)(H,20,27)(H,23,24). The summed E-state index contributed by atoms with van der Waals surface area (Å²) in [5.41, 5.74) is 1.66. The monoisotopic (exact) mass is 403 g/mol. The molecule has 3 rings (SSSR count). The number of hydrogen-bond acceptors (Lipinski definition) is 6. The Kier molecular flexibility index (Phi) is 5.69. The van der Waals surface area contributed by atoms with Gasteiger partial charge in [0, 0.05) is 25.7 Å². The third-order valence-electron chi connectivity index (χ3n) is 4.32. The van der Waals surface area contributed by atoms with Gasteiger partial charge in [-0.25, -0.2) is 0 Å². The predicted molar refractivity (Wildman–Crippen MR) is 99.6 cm³/mol. The molecule has 0 bridgehead atoms. The predicted octanol–water partition coefficient (Wildman–Crippen LogP) is 0.222. The first-order valence-electron chi connectivity index (χ1n) is 8.44. The van der Waals surface area contributed by atoms with E-state index in [-0.39, 0.29) is 24.4 Å². The number of benzene rings is 1. The summed E-state index contributed by atoms with van der Waals surface area (Å²) in [5.74, 6) is -4.80. The number of aliphatic carboxylic acids is 1.